The van der Waals surface area contributed by atoms with Gasteiger partial charge in [0.2, 0.25) is 0 Å². The molecule has 0 radical (unpaired) electrons. The Kier molecular flexibility index (Phi) is 3.40. The summed E-state index contributed by atoms with van der Waals surface area (Å²) in [5, 5.41) is 0. The van der Waals surface area contributed by atoms with E-state index in [-0.39, 0.29) is 5.91 Å². The van der Waals surface area contributed by atoms with Crippen LogP contribution in [0.25, 0.3) is 6.08 Å². The Morgan fingerprint density at radius 2 is 2.00 bits per heavy atom. The van der Waals surface area contributed by atoms with Crippen LogP contribution in [0.3, 0.4) is 0 Å². The van der Waals surface area contributed by atoms with E-state index in [1.165, 1.54) is 22.2 Å². The Balaban J connectivity index is 2.13. The number of thioether (sulfide) groups is 1. The van der Waals surface area contributed by atoms with Gasteiger partial charge in [0.1, 0.15) is 9.23 Å². The first kappa shape index (κ1) is 13.4. The molecule has 0 bridgehead atoms. The molecular weight excluding hydrogens is 288 g/mol. The van der Waals surface area contributed by atoms with E-state index >= 15 is 0 Å². The summed E-state index contributed by atoms with van der Waals surface area (Å²) in [6.07, 6.45) is 4.06. The molecule has 0 aliphatic carbocycles. The van der Waals surface area contributed by atoms with E-state index in [0.717, 1.165) is 17.9 Å². The summed E-state index contributed by atoms with van der Waals surface area (Å²) in [6, 6.07) is 8.20. The van der Waals surface area contributed by atoms with Gasteiger partial charge in [-0.15, -0.1) is 0 Å². The molecule has 3 rings (SSSR count). The van der Waals surface area contributed by atoms with Gasteiger partial charge < -0.3 is 4.90 Å². The van der Waals surface area contributed by atoms with E-state index in [1.54, 1.807) is 7.05 Å². The minimum Gasteiger partial charge on any atom is -0.340 e. The van der Waals surface area contributed by atoms with Crippen LogP contribution in [-0.4, -0.2) is 28.7 Å². The van der Waals surface area contributed by atoms with Crippen molar-refractivity contribution in [2.45, 2.75) is 6.92 Å². The molecule has 2 aliphatic rings. The monoisotopic (exact) mass is 302 g/mol. The van der Waals surface area contributed by atoms with E-state index in [9.17, 15) is 4.79 Å². The van der Waals surface area contributed by atoms with Crippen LogP contribution in [0, 0.1) is 0 Å². The fourth-order valence-electron chi connectivity index (χ4n) is 2.40. The molecule has 0 saturated carbocycles. The average molecular weight is 302 g/mol. The van der Waals surface area contributed by atoms with E-state index in [4.69, 9.17) is 12.2 Å². The number of likely N-dealkylation sites (N-methyl/N-ethyl adjacent to an activating group) is 2. The SMILES string of the molecule is CCN1C(=C2SC(=S)N(C)C2=O)C=Cc2ccccc21. The van der Waals surface area contributed by atoms with Crippen molar-refractivity contribution in [3.8, 4) is 0 Å². The molecule has 2 heterocycles. The lowest BCUT2D eigenvalue weighted by Crippen LogP contribution is -2.28. The van der Waals surface area contributed by atoms with Crippen molar-refractivity contribution >= 4 is 46.0 Å². The van der Waals surface area contributed by atoms with Crippen LogP contribution in [-0.2, 0) is 4.79 Å². The van der Waals surface area contributed by atoms with Gasteiger partial charge in [-0.3, -0.25) is 9.69 Å². The summed E-state index contributed by atoms with van der Waals surface area (Å²) in [6.45, 7) is 2.90. The lowest BCUT2D eigenvalue weighted by Gasteiger charge is -2.30. The van der Waals surface area contributed by atoms with Gasteiger partial charge in [0.05, 0.1) is 5.70 Å². The van der Waals surface area contributed by atoms with Crippen molar-refractivity contribution < 1.29 is 4.79 Å². The van der Waals surface area contributed by atoms with Gasteiger partial charge in [0, 0.05) is 19.3 Å². The first-order valence-corrected chi connectivity index (χ1v) is 7.64. The van der Waals surface area contributed by atoms with Crippen LogP contribution in [0.1, 0.15) is 12.5 Å². The largest absolute Gasteiger partial charge is 0.340 e. The Labute approximate surface area is 127 Å². The molecule has 3 nitrogen and oxygen atoms in total. The van der Waals surface area contributed by atoms with E-state index in [0.29, 0.717) is 9.23 Å². The van der Waals surface area contributed by atoms with Crippen molar-refractivity contribution in [2.75, 3.05) is 18.5 Å². The van der Waals surface area contributed by atoms with E-state index < -0.39 is 0 Å². The van der Waals surface area contributed by atoms with Gasteiger partial charge in [-0.2, -0.15) is 0 Å². The number of thiocarbonyl (C=S) groups is 1. The predicted octanol–water partition coefficient (Wildman–Crippen LogP) is 3.24. The number of benzene rings is 1. The first-order valence-electron chi connectivity index (χ1n) is 6.42. The van der Waals surface area contributed by atoms with Gasteiger partial charge in [-0.05, 0) is 24.6 Å². The van der Waals surface area contributed by atoms with Gasteiger partial charge in [0.25, 0.3) is 5.91 Å². The molecule has 102 valence electrons. The predicted molar refractivity (Wildman–Crippen MR) is 88.5 cm³/mol. The van der Waals surface area contributed by atoms with Crippen molar-refractivity contribution in [3.63, 3.8) is 0 Å². The maximum absolute atomic E-state index is 12.3. The third-order valence-corrected chi connectivity index (χ3v) is 5.01. The highest BCUT2D eigenvalue weighted by Gasteiger charge is 2.33. The zero-order chi connectivity index (χ0) is 14.3. The molecule has 0 atom stereocenters. The first-order chi connectivity index (χ1) is 9.63. The molecule has 1 fully saturated rings. The van der Waals surface area contributed by atoms with Crippen LogP contribution < -0.4 is 4.90 Å². The summed E-state index contributed by atoms with van der Waals surface area (Å²) in [5.74, 6) is -0.0162. The van der Waals surface area contributed by atoms with Crippen LogP contribution >= 0.6 is 24.0 Å². The summed E-state index contributed by atoms with van der Waals surface area (Å²) in [5.41, 5.74) is 3.24. The second-order valence-electron chi connectivity index (χ2n) is 4.58. The fraction of sp³-hybridized carbons (Fsp3) is 0.200. The highest BCUT2D eigenvalue weighted by molar-refractivity contribution is 8.26. The molecule has 1 aromatic rings. The Hall–Kier alpha value is -1.59. The molecule has 1 amide bonds. The number of anilines is 1. The van der Waals surface area contributed by atoms with Gasteiger partial charge in [-0.25, -0.2) is 0 Å². The molecule has 0 spiro atoms. The van der Waals surface area contributed by atoms with Gasteiger partial charge in [0.15, 0.2) is 0 Å². The normalized spacial score (nSPS) is 21.7. The van der Waals surface area contributed by atoms with E-state index in [1.807, 2.05) is 18.2 Å². The van der Waals surface area contributed by atoms with Crippen LogP contribution in [0.5, 0.6) is 0 Å². The molecule has 2 aliphatic heterocycles. The summed E-state index contributed by atoms with van der Waals surface area (Å²) < 4.78 is 0.612. The third-order valence-electron chi connectivity index (χ3n) is 3.45. The number of carbonyl (C=O) groups excluding carboxylic acids is 1. The Bertz CT molecular complexity index is 664. The summed E-state index contributed by atoms with van der Waals surface area (Å²) in [4.78, 5) is 16.7. The van der Waals surface area contributed by atoms with Crippen molar-refractivity contribution in [2.24, 2.45) is 0 Å². The quantitative estimate of drug-likeness (QED) is 0.587. The number of para-hydroxylation sites is 1. The second kappa shape index (κ2) is 5.07. The van der Waals surface area contributed by atoms with Crippen molar-refractivity contribution in [3.05, 3.63) is 46.5 Å². The number of carbonyl (C=O) groups is 1. The molecule has 0 N–H and O–H groups in total. The van der Waals surface area contributed by atoms with Crippen LogP contribution in [0.2, 0.25) is 0 Å². The maximum atomic E-state index is 12.3. The molecular formula is C15H14N2OS2. The number of fused-ring (bicyclic) bond motifs is 1. The van der Waals surface area contributed by atoms with Crippen molar-refractivity contribution in [1.29, 1.82) is 0 Å². The average Bonchev–Trinajstić information content (AvgIpc) is 2.73. The molecule has 0 aromatic heterocycles. The number of rotatable bonds is 1. The lowest BCUT2D eigenvalue weighted by molar-refractivity contribution is -0.121. The van der Waals surface area contributed by atoms with Crippen molar-refractivity contribution in [1.82, 2.24) is 4.90 Å². The molecule has 20 heavy (non-hydrogen) atoms. The van der Waals surface area contributed by atoms with Crippen LogP contribution in [0.15, 0.2) is 40.9 Å². The van der Waals surface area contributed by atoms with E-state index in [2.05, 4.69) is 30.0 Å². The molecule has 1 saturated heterocycles. The Morgan fingerprint density at radius 3 is 2.65 bits per heavy atom. The highest BCUT2D eigenvalue weighted by atomic mass is 32.2. The van der Waals surface area contributed by atoms with Gasteiger partial charge >= 0.3 is 0 Å². The minimum absolute atomic E-state index is 0.0162. The fourth-order valence-corrected chi connectivity index (χ4v) is 3.63. The zero-order valence-electron chi connectivity index (χ0n) is 11.3. The topological polar surface area (TPSA) is 23.6 Å². The molecule has 5 heteroatoms. The maximum Gasteiger partial charge on any atom is 0.268 e. The number of hydrogen-bond acceptors (Lipinski definition) is 4. The molecule has 0 unspecified atom stereocenters. The highest BCUT2D eigenvalue weighted by Crippen LogP contribution is 2.38. The Morgan fingerprint density at radius 1 is 1.25 bits per heavy atom. The van der Waals surface area contributed by atoms with Gasteiger partial charge in [-0.1, -0.05) is 48.3 Å². The minimum atomic E-state index is -0.0162. The standard InChI is InChI=1S/C15H14N2OS2/c1-3-17-11-7-5-4-6-10(11)8-9-12(17)13-14(18)16(2)15(19)20-13/h4-9H,3H2,1-2H3. The van der Waals surface area contributed by atoms with Crippen LogP contribution in [0.4, 0.5) is 5.69 Å². The number of allylic oxidation sites excluding steroid dienone is 1. The summed E-state index contributed by atoms with van der Waals surface area (Å²) >= 11 is 6.59. The molecule has 1 aromatic carbocycles. The number of hydrogen-bond donors (Lipinski definition) is 0. The zero-order valence-corrected chi connectivity index (χ0v) is 12.9. The third kappa shape index (κ3) is 1.98. The number of amides is 1. The lowest BCUT2D eigenvalue weighted by atomic mass is 10.1. The number of nitrogens with zero attached hydrogens (tertiary/aromatic N) is 2. The smallest absolute Gasteiger partial charge is 0.268 e. The summed E-state index contributed by atoms with van der Waals surface area (Å²) in [7, 11) is 1.72. The second-order valence-corrected chi connectivity index (χ2v) is 6.23.